The maximum Gasteiger partial charge on any atom is 0.138 e. The van der Waals surface area contributed by atoms with Crippen molar-refractivity contribution in [1.82, 2.24) is 0 Å². The van der Waals surface area contributed by atoms with Crippen LogP contribution in [0.2, 0.25) is 0 Å². The van der Waals surface area contributed by atoms with Gasteiger partial charge in [0, 0.05) is 17.8 Å². The van der Waals surface area contributed by atoms with Crippen LogP contribution in [0.25, 0.3) is 0 Å². The minimum Gasteiger partial charge on any atom is -0.472 e. The zero-order valence-corrected chi connectivity index (χ0v) is 14.9. The van der Waals surface area contributed by atoms with Gasteiger partial charge in [0.1, 0.15) is 5.78 Å². The molecule has 3 rings (SSSR count). The summed E-state index contributed by atoms with van der Waals surface area (Å²) in [4.78, 5) is 12.7. The lowest BCUT2D eigenvalue weighted by molar-refractivity contribution is -0.208. The Labute approximate surface area is 139 Å². The van der Waals surface area contributed by atoms with Crippen molar-refractivity contribution >= 4 is 5.78 Å². The Hall–Kier alpha value is -1.09. The Balaban J connectivity index is 1.95. The topological polar surface area (TPSA) is 50.4 Å². The molecule has 0 unspecified atom stereocenters. The molecule has 1 N–H and O–H groups in total. The number of furan rings is 1. The van der Waals surface area contributed by atoms with E-state index in [0.717, 1.165) is 31.2 Å². The molecular formula is C20H30O3. The van der Waals surface area contributed by atoms with Crippen molar-refractivity contribution < 1.29 is 14.3 Å². The van der Waals surface area contributed by atoms with Gasteiger partial charge in [0.15, 0.2) is 0 Å². The van der Waals surface area contributed by atoms with E-state index in [1.54, 1.807) is 12.5 Å². The fourth-order valence-electron chi connectivity index (χ4n) is 5.55. The van der Waals surface area contributed by atoms with Gasteiger partial charge < -0.3 is 9.52 Å². The smallest absolute Gasteiger partial charge is 0.138 e. The lowest BCUT2D eigenvalue weighted by Gasteiger charge is -2.62. The van der Waals surface area contributed by atoms with Gasteiger partial charge in [-0.05, 0) is 48.6 Å². The summed E-state index contributed by atoms with van der Waals surface area (Å²) < 4.78 is 5.15. The van der Waals surface area contributed by atoms with E-state index in [-0.39, 0.29) is 28.4 Å². The van der Waals surface area contributed by atoms with Crippen LogP contribution in [-0.4, -0.2) is 16.5 Å². The first-order valence-electron chi connectivity index (χ1n) is 8.97. The van der Waals surface area contributed by atoms with Crippen LogP contribution in [0.4, 0.5) is 0 Å². The summed E-state index contributed by atoms with van der Waals surface area (Å²) in [5.74, 6) is 0.212. The highest BCUT2D eigenvalue weighted by Gasteiger charge is 2.63. The fourth-order valence-corrected chi connectivity index (χ4v) is 5.55. The number of fused-ring (bicyclic) bond motifs is 1. The van der Waals surface area contributed by atoms with E-state index in [2.05, 4.69) is 20.8 Å². The van der Waals surface area contributed by atoms with Gasteiger partial charge in [-0.2, -0.15) is 0 Å². The largest absolute Gasteiger partial charge is 0.472 e. The summed E-state index contributed by atoms with van der Waals surface area (Å²) >= 11 is 0. The molecule has 0 radical (unpaired) electrons. The summed E-state index contributed by atoms with van der Waals surface area (Å²) in [6.07, 6.45) is 8.71. The standard InChI is InChI=1S/C20H30O3/c1-14-16(21)12-17-18(2,3)8-5-9-19(17,4)20(14,22)10-6-15-7-11-23-13-15/h7,11,13-14,17,22H,5-6,8-10,12H2,1-4H3/t14-,17-,19+,20+/m1/s1. The zero-order chi connectivity index (χ0) is 16.9. The molecule has 0 aromatic carbocycles. The number of ketones is 1. The first-order valence-corrected chi connectivity index (χ1v) is 8.97. The average Bonchev–Trinajstić information content (AvgIpc) is 2.99. The molecule has 3 heteroatoms. The van der Waals surface area contributed by atoms with Crippen LogP contribution in [0.1, 0.15) is 65.4 Å². The SMILES string of the molecule is C[C@@H]1C(=O)C[C@@H]2C(C)(C)CCC[C@]2(C)[C@]1(O)CCc1ccoc1. The second-order valence-electron chi connectivity index (χ2n) is 8.76. The van der Waals surface area contributed by atoms with Gasteiger partial charge in [0.25, 0.3) is 0 Å². The molecule has 3 nitrogen and oxygen atoms in total. The van der Waals surface area contributed by atoms with Crippen molar-refractivity contribution in [3.8, 4) is 0 Å². The van der Waals surface area contributed by atoms with Crippen LogP contribution in [0, 0.1) is 22.7 Å². The molecule has 2 aliphatic carbocycles. The number of aryl methyl sites for hydroxylation is 1. The Morgan fingerprint density at radius 1 is 1.30 bits per heavy atom. The van der Waals surface area contributed by atoms with Crippen molar-refractivity contribution in [2.45, 2.75) is 71.8 Å². The molecule has 2 fully saturated rings. The Kier molecular flexibility index (Phi) is 3.99. The van der Waals surface area contributed by atoms with Crippen molar-refractivity contribution in [3.63, 3.8) is 0 Å². The summed E-state index contributed by atoms with van der Waals surface area (Å²) in [5, 5.41) is 11.7. The number of carbonyl (C=O) groups excluding carboxylic acids is 1. The summed E-state index contributed by atoms with van der Waals surface area (Å²) in [6, 6.07) is 1.95. The molecule has 4 atom stereocenters. The number of aliphatic hydroxyl groups is 1. The highest BCUT2D eigenvalue weighted by atomic mass is 16.3. The van der Waals surface area contributed by atoms with E-state index in [1.165, 1.54) is 0 Å². The molecule has 0 amide bonds. The zero-order valence-electron chi connectivity index (χ0n) is 14.9. The molecule has 2 aliphatic rings. The van der Waals surface area contributed by atoms with Crippen LogP contribution in [0.15, 0.2) is 23.0 Å². The normalized spacial score (nSPS) is 40.0. The average molecular weight is 318 g/mol. The summed E-state index contributed by atoms with van der Waals surface area (Å²) in [6.45, 7) is 8.71. The second-order valence-corrected chi connectivity index (χ2v) is 8.76. The Bertz CT molecular complexity index is 574. The number of hydrogen-bond acceptors (Lipinski definition) is 3. The molecular weight excluding hydrogens is 288 g/mol. The number of carbonyl (C=O) groups is 1. The lowest BCUT2D eigenvalue weighted by atomic mass is 9.44. The lowest BCUT2D eigenvalue weighted by Crippen LogP contribution is -2.64. The van der Waals surface area contributed by atoms with Gasteiger partial charge >= 0.3 is 0 Å². The van der Waals surface area contributed by atoms with Crippen molar-refractivity contribution in [1.29, 1.82) is 0 Å². The first kappa shape index (κ1) is 16.8. The number of Topliss-reactive ketones (excluding diaryl/α,β-unsaturated/α-hetero) is 1. The highest BCUT2D eigenvalue weighted by molar-refractivity contribution is 5.83. The van der Waals surface area contributed by atoms with Crippen LogP contribution in [-0.2, 0) is 11.2 Å². The molecule has 0 spiro atoms. The third kappa shape index (κ3) is 2.48. The van der Waals surface area contributed by atoms with Gasteiger partial charge in [0.2, 0.25) is 0 Å². The molecule has 23 heavy (non-hydrogen) atoms. The molecule has 0 saturated heterocycles. The van der Waals surface area contributed by atoms with Gasteiger partial charge in [-0.15, -0.1) is 0 Å². The van der Waals surface area contributed by atoms with Crippen LogP contribution in [0.5, 0.6) is 0 Å². The molecule has 128 valence electrons. The quantitative estimate of drug-likeness (QED) is 0.899. The van der Waals surface area contributed by atoms with Gasteiger partial charge in [0.05, 0.1) is 18.1 Å². The van der Waals surface area contributed by atoms with Crippen molar-refractivity contribution in [3.05, 3.63) is 24.2 Å². The fraction of sp³-hybridized carbons (Fsp3) is 0.750. The number of hydrogen-bond donors (Lipinski definition) is 1. The summed E-state index contributed by atoms with van der Waals surface area (Å²) in [5.41, 5.74) is 0.0964. The van der Waals surface area contributed by atoms with E-state index in [4.69, 9.17) is 4.42 Å². The number of rotatable bonds is 3. The summed E-state index contributed by atoms with van der Waals surface area (Å²) in [7, 11) is 0. The Morgan fingerprint density at radius 2 is 2.04 bits per heavy atom. The monoisotopic (exact) mass is 318 g/mol. The molecule has 0 aliphatic heterocycles. The van der Waals surface area contributed by atoms with E-state index < -0.39 is 5.60 Å². The van der Waals surface area contributed by atoms with Crippen LogP contribution >= 0.6 is 0 Å². The first-order chi connectivity index (χ1) is 10.7. The maximum absolute atomic E-state index is 12.7. The Morgan fingerprint density at radius 3 is 2.70 bits per heavy atom. The third-order valence-corrected chi connectivity index (χ3v) is 7.20. The molecule has 1 aromatic rings. The van der Waals surface area contributed by atoms with Gasteiger partial charge in [-0.25, -0.2) is 0 Å². The van der Waals surface area contributed by atoms with Gasteiger partial charge in [-0.1, -0.05) is 34.1 Å². The molecule has 0 bridgehead atoms. The van der Waals surface area contributed by atoms with Crippen LogP contribution in [0.3, 0.4) is 0 Å². The molecule has 1 heterocycles. The predicted molar refractivity (Wildman–Crippen MR) is 90.0 cm³/mol. The van der Waals surface area contributed by atoms with E-state index >= 15 is 0 Å². The minimum absolute atomic E-state index is 0.117. The molecule has 1 aromatic heterocycles. The molecule has 2 saturated carbocycles. The third-order valence-electron chi connectivity index (χ3n) is 7.20. The predicted octanol–water partition coefficient (Wildman–Crippen LogP) is 4.38. The van der Waals surface area contributed by atoms with E-state index in [1.807, 2.05) is 13.0 Å². The van der Waals surface area contributed by atoms with Crippen LogP contribution < -0.4 is 0 Å². The van der Waals surface area contributed by atoms with Crippen molar-refractivity contribution in [2.75, 3.05) is 0 Å². The van der Waals surface area contributed by atoms with E-state index in [9.17, 15) is 9.90 Å². The van der Waals surface area contributed by atoms with Crippen molar-refractivity contribution in [2.24, 2.45) is 22.7 Å². The highest BCUT2D eigenvalue weighted by Crippen LogP contribution is 2.62. The second kappa shape index (κ2) is 5.47. The van der Waals surface area contributed by atoms with E-state index in [0.29, 0.717) is 12.8 Å². The maximum atomic E-state index is 12.7. The minimum atomic E-state index is -0.929. The van der Waals surface area contributed by atoms with Gasteiger partial charge in [-0.3, -0.25) is 4.79 Å².